The second-order valence-corrected chi connectivity index (χ2v) is 3.32. The summed E-state index contributed by atoms with van der Waals surface area (Å²) in [4.78, 5) is 21.2. The molecule has 0 aromatic carbocycles. The van der Waals surface area contributed by atoms with Gasteiger partial charge in [0.1, 0.15) is 10.7 Å². The largest absolute Gasteiger partial charge is 0.433 e. The number of hydrogen-bond acceptors (Lipinski definition) is 4. The molecule has 0 radical (unpaired) electrons. The number of furan rings is 1. The van der Waals surface area contributed by atoms with Crippen molar-refractivity contribution in [1.82, 2.24) is 9.13 Å². The molecule has 16 heavy (non-hydrogen) atoms. The molecule has 0 amide bonds. The third kappa shape index (κ3) is 1.74. The molecule has 0 unspecified atom stereocenters. The fourth-order valence-corrected chi connectivity index (χ4v) is 1.35. The van der Waals surface area contributed by atoms with E-state index in [4.69, 9.17) is 4.42 Å². The Balaban J connectivity index is 2.24. The van der Waals surface area contributed by atoms with E-state index in [0.29, 0.717) is 5.76 Å². The lowest BCUT2D eigenvalue weighted by Crippen LogP contribution is -2.22. The van der Waals surface area contributed by atoms with Gasteiger partial charge in [-0.1, -0.05) is 0 Å². The molecular weight excluding hydrogens is 214 g/mol. The van der Waals surface area contributed by atoms with E-state index in [9.17, 15) is 14.9 Å². The second-order valence-electron chi connectivity index (χ2n) is 3.32. The third-order valence-corrected chi connectivity index (χ3v) is 2.17. The zero-order valence-electron chi connectivity index (χ0n) is 8.49. The normalized spacial score (nSPS) is 10.6. The van der Waals surface area contributed by atoms with E-state index in [-0.39, 0.29) is 18.1 Å². The molecule has 7 heteroatoms. The van der Waals surface area contributed by atoms with Crippen LogP contribution in [0.4, 0.5) is 5.88 Å². The first-order valence-corrected chi connectivity index (χ1v) is 4.53. The molecule has 2 rings (SSSR count). The standard InChI is InChI=1S/C9H9N3O4/c1-10-4-5-11(9(10)13)6-7-2-3-8(16-7)12(14)15/h2-5H,6H2,1H3. The Morgan fingerprint density at radius 3 is 2.69 bits per heavy atom. The molecule has 0 bridgehead atoms. The van der Waals surface area contributed by atoms with Gasteiger partial charge in [0.15, 0.2) is 0 Å². The van der Waals surface area contributed by atoms with Gasteiger partial charge in [-0.25, -0.2) is 4.79 Å². The Hall–Kier alpha value is -2.31. The topological polar surface area (TPSA) is 83.2 Å². The zero-order chi connectivity index (χ0) is 11.7. The van der Waals surface area contributed by atoms with Crippen LogP contribution >= 0.6 is 0 Å². The van der Waals surface area contributed by atoms with Crippen molar-refractivity contribution in [2.24, 2.45) is 7.05 Å². The molecule has 7 nitrogen and oxygen atoms in total. The van der Waals surface area contributed by atoms with Gasteiger partial charge < -0.3 is 8.98 Å². The minimum atomic E-state index is -0.614. The van der Waals surface area contributed by atoms with Crippen molar-refractivity contribution in [3.63, 3.8) is 0 Å². The van der Waals surface area contributed by atoms with Crippen LogP contribution in [0.1, 0.15) is 5.76 Å². The Kier molecular flexibility index (Phi) is 2.35. The van der Waals surface area contributed by atoms with Gasteiger partial charge in [-0.05, 0) is 6.07 Å². The highest BCUT2D eigenvalue weighted by atomic mass is 16.6. The van der Waals surface area contributed by atoms with Crippen LogP contribution in [0.25, 0.3) is 0 Å². The average Bonchev–Trinajstić information content (AvgIpc) is 2.81. The molecule has 2 aromatic heterocycles. The van der Waals surface area contributed by atoms with Crippen LogP contribution in [-0.4, -0.2) is 14.1 Å². The molecule has 0 aliphatic rings. The monoisotopic (exact) mass is 223 g/mol. The SMILES string of the molecule is Cn1ccn(Cc2ccc([N+](=O)[O-])o2)c1=O. The molecule has 0 fully saturated rings. The molecule has 0 N–H and O–H groups in total. The highest BCUT2D eigenvalue weighted by molar-refractivity contribution is 5.17. The summed E-state index contributed by atoms with van der Waals surface area (Å²) in [5, 5.41) is 10.4. The van der Waals surface area contributed by atoms with Crippen molar-refractivity contribution >= 4 is 5.88 Å². The first kappa shape index (κ1) is 10.2. The smallest absolute Gasteiger partial charge is 0.404 e. The number of hydrogen-bond donors (Lipinski definition) is 0. The molecular formula is C9H9N3O4. The zero-order valence-corrected chi connectivity index (χ0v) is 8.49. The Labute approximate surface area is 89.7 Å². The van der Waals surface area contributed by atoms with E-state index in [1.54, 1.807) is 19.4 Å². The summed E-state index contributed by atoms with van der Waals surface area (Å²) in [6, 6.07) is 2.75. The average molecular weight is 223 g/mol. The molecule has 0 saturated heterocycles. The summed E-state index contributed by atoms with van der Waals surface area (Å²) >= 11 is 0. The molecule has 0 aliphatic carbocycles. The predicted octanol–water partition coefficient (Wildman–Crippen LogP) is 0.736. The lowest BCUT2D eigenvalue weighted by molar-refractivity contribution is -0.402. The van der Waals surface area contributed by atoms with Crippen LogP contribution in [0.15, 0.2) is 33.7 Å². The number of rotatable bonds is 3. The molecule has 84 valence electrons. The van der Waals surface area contributed by atoms with Crippen molar-refractivity contribution in [1.29, 1.82) is 0 Å². The number of aromatic nitrogens is 2. The van der Waals surface area contributed by atoms with Gasteiger partial charge in [-0.2, -0.15) is 0 Å². The lowest BCUT2D eigenvalue weighted by atomic mass is 10.4. The Bertz CT molecular complexity index is 578. The number of nitrogens with zero attached hydrogens (tertiary/aromatic N) is 3. The number of nitro groups is 1. The van der Waals surface area contributed by atoms with Gasteiger partial charge in [0.05, 0.1) is 12.6 Å². The van der Waals surface area contributed by atoms with Gasteiger partial charge in [-0.15, -0.1) is 0 Å². The fraction of sp³-hybridized carbons (Fsp3) is 0.222. The van der Waals surface area contributed by atoms with Gasteiger partial charge in [0.25, 0.3) is 0 Å². The van der Waals surface area contributed by atoms with Gasteiger partial charge >= 0.3 is 11.6 Å². The van der Waals surface area contributed by atoms with Crippen LogP contribution < -0.4 is 5.69 Å². The van der Waals surface area contributed by atoms with E-state index in [1.165, 1.54) is 21.3 Å². The highest BCUT2D eigenvalue weighted by Crippen LogP contribution is 2.15. The second kappa shape index (κ2) is 3.69. The minimum Gasteiger partial charge on any atom is -0.404 e. The first-order valence-electron chi connectivity index (χ1n) is 4.53. The van der Waals surface area contributed by atoms with Crippen LogP contribution in [0.2, 0.25) is 0 Å². The summed E-state index contributed by atoms with van der Waals surface area (Å²) < 4.78 is 7.76. The number of imidazole rings is 1. The quantitative estimate of drug-likeness (QED) is 0.567. The van der Waals surface area contributed by atoms with Gasteiger partial charge in [0.2, 0.25) is 0 Å². The van der Waals surface area contributed by atoms with Gasteiger partial charge in [0, 0.05) is 19.4 Å². The highest BCUT2D eigenvalue weighted by Gasteiger charge is 2.12. The van der Waals surface area contributed by atoms with Crippen molar-refractivity contribution in [2.45, 2.75) is 6.54 Å². The predicted molar refractivity (Wildman–Crippen MR) is 54.1 cm³/mol. The van der Waals surface area contributed by atoms with E-state index < -0.39 is 4.92 Å². The third-order valence-electron chi connectivity index (χ3n) is 2.17. The summed E-state index contributed by atoms with van der Waals surface area (Å²) in [5.74, 6) is 0.0546. The van der Waals surface area contributed by atoms with Crippen LogP contribution in [-0.2, 0) is 13.6 Å². The van der Waals surface area contributed by atoms with Crippen molar-refractivity contribution < 1.29 is 9.34 Å². The summed E-state index contributed by atoms with van der Waals surface area (Å²) in [6.45, 7) is 0.188. The van der Waals surface area contributed by atoms with Crippen molar-refractivity contribution in [3.8, 4) is 0 Å². The van der Waals surface area contributed by atoms with Crippen molar-refractivity contribution in [2.75, 3.05) is 0 Å². The Morgan fingerprint density at radius 1 is 1.44 bits per heavy atom. The van der Waals surface area contributed by atoms with Crippen LogP contribution in [0, 0.1) is 10.1 Å². The lowest BCUT2D eigenvalue weighted by Gasteiger charge is -1.95. The maximum atomic E-state index is 11.5. The van der Waals surface area contributed by atoms with E-state index in [1.807, 2.05) is 0 Å². The summed E-state index contributed by atoms with van der Waals surface area (Å²) in [7, 11) is 1.63. The van der Waals surface area contributed by atoms with Crippen LogP contribution in [0.3, 0.4) is 0 Å². The molecule has 0 atom stereocenters. The van der Waals surface area contributed by atoms with Crippen LogP contribution in [0.5, 0.6) is 0 Å². The molecule has 0 saturated carbocycles. The van der Waals surface area contributed by atoms with E-state index >= 15 is 0 Å². The maximum absolute atomic E-state index is 11.5. The number of aryl methyl sites for hydroxylation is 1. The Morgan fingerprint density at radius 2 is 2.19 bits per heavy atom. The first-order chi connectivity index (χ1) is 7.58. The van der Waals surface area contributed by atoms with E-state index in [0.717, 1.165) is 0 Å². The molecule has 2 heterocycles. The van der Waals surface area contributed by atoms with E-state index in [2.05, 4.69) is 0 Å². The minimum absolute atomic E-state index is 0.188. The molecule has 0 aliphatic heterocycles. The molecule has 0 spiro atoms. The molecule has 2 aromatic rings. The van der Waals surface area contributed by atoms with Gasteiger partial charge in [-0.3, -0.25) is 14.7 Å². The van der Waals surface area contributed by atoms with Crippen molar-refractivity contribution in [3.05, 3.63) is 50.9 Å². The fourth-order valence-electron chi connectivity index (χ4n) is 1.35. The summed E-state index contributed by atoms with van der Waals surface area (Å²) in [5.41, 5.74) is -0.195. The maximum Gasteiger partial charge on any atom is 0.433 e. The summed E-state index contributed by atoms with van der Waals surface area (Å²) in [6.07, 6.45) is 3.20.